The standard InChI is InChI=1S/C7H8OS.5FH/c1-8-6-2-4-7(9)5-3-6;;;;;/h2-5,9H,1H3;5*1H. The van der Waals surface area contributed by atoms with E-state index in [0.717, 1.165) is 10.6 Å². The van der Waals surface area contributed by atoms with Crippen molar-refractivity contribution in [1.29, 1.82) is 0 Å². The summed E-state index contributed by atoms with van der Waals surface area (Å²) in [6.45, 7) is 0. The van der Waals surface area contributed by atoms with Gasteiger partial charge in [0.05, 0.1) is 7.11 Å². The average Bonchev–Trinajstić information content (AvgIpc) is 1.90. The SMILES string of the molecule is COc1ccc(S)cc1.F.F.F.F.F. The number of methoxy groups -OCH3 is 1. The van der Waals surface area contributed by atoms with Crippen LogP contribution in [0.1, 0.15) is 0 Å². The number of benzene rings is 1. The van der Waals surface area contributed by atoms with Gasteiger partial charge in [0.25, 0.3) is 0 Å². The Labute approximate surface area is 83.7 Å². The van der Waals surface area contributed by atoms with Crippen molar-refractivity contribution >= 4 is 12.6 Å². The first-order valence-corrected chi connectivity index (χ1v) is 3.10. The minimum Gasteiger partial charge on any atom is -0.497 e. The molecule has 0 bridgehead atoms. The third kappa shape index (κ3) is 9.11. The smallest absolute Gasteiger partial charge is 0.118 e. The molecule has 7 heteroatoms. The van der Waals surface area contributed by atoms with Gasteiger partial charge in [-0.2, -0.15) is 0 Å². The lowest BCUT2D eigenvalue weighted by atomic mass is 10.3. The van der Waals surface area contributed by atoms with E-state index in [2.05, 4.69) is 12.6 Å². The fraction of sp³-hybridized carbons (Fsp3) is 0.143. The van der Waals surface area contributed by atoms with Crippen molar-refractivity contribution in [2.45, 2.75) is 4.90 Å². The number of hydrogen-bond acceptors (Lipinski definition) is 2. The fourth-order valence-corrected chi connectivity index (χ4v) is 0.731. The fourth-order valence-electron chi connectivity index (χ4n) is 0.582. The molecule has 0 aliphatic carbocycles. The van der Waals surface area contributed by atoms with Crippen molar-refractivity contribution in [1.82, 2.24) is 0 Å². The molecule has 0 saturated heterocycles. The van der Waals surface area contributed by atoms with Gasteiger partial charge in [0, 0.05) is 4.90 Å². The van der Waals surface area contributed by atoms with Gasteiger partial charge in [-0.3, -0.25) is 23.5 Å². The molecule has 0 fully saturated rings. The Morgan fingerprint density at radius 1 is 0.857 bits per heavy atom. The summed E-state index contributed by atoms with van der Waals surface area (Å²) in [5.41, 5.74) is 0. The van der Waals surface area contributed by atoms with Crippen LogP contribution in [0.5, 0.6) is 5.75 Å². The van der Waals surface area contributed by atoms with Gasteiger partial charge in [-0.05, 0) is 24.3 Å². The highest BCUT2D eigenvalue weighted by Crippen LogP contribution is 2.12. The zero-order chi connectivity index (χ0) is 6.69. The van der Waals surface area contributed by atoms with E-state index in [1.54, 1.807) is 7.11 Å². The lowest BCUT2D eigenvalue weighted by Gasteiger charge is -1.96. The van der Waals surface area contributed by atoms with Crippen molar-refractivity contribution in [2.24, 2.45) is 0 Å². The number of hydrogen-bond donors (Lipinski definition) is 1. The van der Waals surface area contributed by atoms with E-state index in [0.29, 0.717) is 0 Å². The second-order valence-corrected chi connectivity index (χ2v) is 2.21. The van der Waals surface area contributed by atoms with Crippen molar-refractivity contribution in [3.05, 3.63) is 24.3 Å². The maximum absolute atomic E-state index is 4.94. The Kier molecular flexibility index (Phi) is 30.4. The van der Waals surface area contributed by atoms with Crippen LogP contribution < -0.4 is 4.74 Å². The van der Waals surface area contributed by atoms with Gasteiger partial charge in [0.15, 0.2) is 0 Å². The van der Waals surface area contributed by atoms with Crippen molar-refractivity contribution < 1.29 is 28.3 Å². The lowest BCUT2D eigenvalue weighted by Crippen LogP contribution is -1.79. The Balaban J connectivity index is -0.0000000540. The van der Waals surface area contributed by atoms with Gasteiger partial charge in [-0.15, -0.1) is 12.6 Å². The Morgan fingerprint density at radius 2 is 1.21 bits per heavy atom. The molecule has 0 aliphatic heterocycles. The summed E-state index contributed by atoms with van der Waals surface area (Å²) >= 11 is 4.11. The molecular weight excluding hydrogens is 227 g/mol. The number of halogens is 5. The normalized spacial score (nSPS) is 5.86. The molecule has 0 N–H and O–H groups in total. The summed E-state index contributed by atoms with van der Waals surface area (Å²) in [6.07, 6.45) is 0. The highest BCUT2D eigenvalue weighted by molar-refractivity contribution is 7.80. The van der Waals surface area contributed by atoms with E-state index in [9.17, 15) is 0 Å². The van der Waals surface area contributed by atoms with Gasteiger partial charge in [0.1, 0.15) is 5.75 Å². The summed E-state index contributed by atoms with van der Waals surface area (Å²) in [5, 5.41) is 0. The van der Waals surface area contributed by atoms with E-state index < -0.39 is 0 Å². The molecule has 0 saturated carbocycles. The van der Waals surface area contributed by atoms with Crippen LogP contribution in [-0.4, -0.2) is 7.11 Å². The molecule has 1 nitrogen and oxygen atoms in total. The first-order valence-electron chi connectivity index (χ1n) is 2.66. The van der Waals surface area contributed by atoms with Crippen LogP contribution in [0, 0.1) is 0 Å². The average molecular weight is 240 g/mol. The summed E-state index contributed by atoms with van der Waals surface area (Å²) in [7, 11) is 1.65. The van der Waals surface area contributed by atoms with Gasteiger partial charge in [-0.1, -0.05) is 0 Å². The van der Waals surface area contributed by atoms with E-state index in [-0.39, 0.29) is 23.5 Å². The maximum atomic E-state index is 4.94. The number of rotatable bonds is 1. The zero-order valence-corrected chi connectivity index (χ0v) is 8.10. The summed E-state index contributed by atoms with van der Waals surface area (Å²) in [6, 6.07) is 7.54. The van der Waals surface area contributed by atoms with Gasteiger partial charge < -0.3 is 4.74 Å². The van der Waals surface area contributed by atoms with Gasteiger partial charge in [-0.25, -0.2) is 0 Å². The molecule has 14 heavy (non-hydrogen) atoms. The molecule has 0 unspecified atom stereocenters. The largest absolute Gasteiger partial charge is 0.497 e. The van der Waals surface area contributed by atoms with Crippen molar-refractivity contribution in [2.75, 3.05) is 7.11 Å². The molecule has 0 amide bonds. The first kappa shape index (κ1) is 29.2. The molecule has 0 aromatic heterocycles. The Bertz CT molecular complexity index is 194. The van der Waals surface area contributed by atoms with Crippen LogP contribution in [-0.2, 0) is 0 Å². The Hall–Kier alpha value is -0.980. The van der Waals surface area contributed by atoms with Crippen LogP contribution >= 0.6 is 12.6 Å². The maximum Gasteiger partial charge on any atom is 0.118 e. The van der Waals surface area contributed by atoms with Crippen molar-refractivity contribution in [3.63, 3.8) is 0 Å². The molecule has 0 spiro atoms. The second kappa shape index (κ2) is 14.5. The van der Waals surface area contributed by atoms with Crippen molar-refractivity contribution in [3.8, 4) is 5.75 Å². The highest BCUT2D eigenvalue weighted by Gasteiger charge is 1.86. The molecule has 1 rings (SSSR count). The van der Waals surface area contributed by atoms with Crippen LogP contribution in [0.4, 0.5) is 23.5 Å². The van der Waals surface area contributed by atoms with E-state index in [1.165, 1.54) is 0 Å². The second-order valence-electron chi connectivity index (χ2n) is 1.70. The monoisotopic (exact) mass is 240 g/mol. The summed E-state index contributed by atoms with van der Waals surface area (Å²) < 4.78 is 4.94. The third-order valence-corrected chi connectivity index (χ3v) is 1.37. The zero-order valence-electron chi connectivity index (χ0n) is 7.21. The van der Waals surface area contributed by atoms with Crippen LogP contribution in [0.3, 0.4) is 0 Å². The number of ether oxygens (including phenoxy) is 1. The molecule has 0 atom stereocenters. The molecule has 0 aliphatic rings. The molecular formula is C7H13F5OS. The van der Waals surface area contributed by atoms with Crippen LogP contribution in [0.15, 0.2) is 29.2 Å². The first-order chi connectivity index (χ1) is 4.33. The third-order valence-electron chi connectivity index (χ3n) is 1.07. The minimum atomic E-state index is 0. The molecule has 88 valence electrons. The van der Waals surface area contributed by atoms with E-state index in [1.807, 2.05) is 24.3 Å². The summed E-state index contributed by atoms with van der Waals surface area (Å²) in [5.74, 6) is 0.868. The topological polar surface area (TPSA) is 9.23 Å². The van der Waals surface area contributed by atoms with Gasteiger partial charge >= 0.3 is 0 Å². The van der Waals surface area contributed by atoms with Gasteiger partial charge in [0.2, 0.25) is 0 Å². The Morgan fingerprint density at radius 3 is 1.50 bits per heavy atom. The predicted molar refractivity (Wildman–Crippen MR) is 52.8 cm³/mol. The van der Waals surface area contributed by atoms with E-state index in [4.69, 9.17) is 4.74 Å². The molecule has 1 aromatic rings. The van der Waals surface area contributed by atoms with Crippen LogP contribution in [0.2, 0.25) is 0 Å². The lowest BCUT2D eigenvalue weighted by molar-refractivity contribution is 0.414. The molecule has 0 heterocycles. The van der Waals surface area contributed by atoms with Crippen LogP contribution in [0.25, 0.3) is 0 Å². The highest BCUT2D eigenvalue weighted by atomic mass is 32.1. The minimum absolute atomic E-state index is 0. The quantitative estimate of drug-likeness (QED) is 0.586. The van der Waals surface area contributed by atoms with E-state index >= 15 is 0 Å². The molecule has 0 radical (unpaired) electrons. The summed E-state index contributed by atoms with van der Waals surface area (Å²) in [4.78, 5) is 0.954. The predicted octanol–water partition coefficient (Wildman–Crippen LogP) is 2.75. The number of thiol groups is 1. The molecule has 1 aromatic carbocycles.